The maximum atomic E-state index is 12.6. The molecule has 0 spiro atoms. The van der Waals surface area contributed by atoms with Crippen molar-refractivity contribution in [1.82, 2.24) is 0 Å². The predicted octanol–water partition coefficient (Wildman–Crippen LogP) is 3.36. The molecule has 6 heteroatoms. The van der Waals surface area contributed by atoms with Crippen molar-refractivity contribution in [2.24, 2.45) is 0 Å². The van der Waals surface area contributed by atoms with E-state index < -0.39 is 0 Å². The molecule has 28 heavy (non-hydrogen) atoms. The van der Waals surface area contributed by atoms with Gasteiger partial charge in [0.05, 0.1) is 0 Å². The van der Waals surface area contributed by atoms with Crippen molar-refractivity contribution in [2.75, 3.05) is 28.2 Å². The molecule has 0 aliphatic carbocycles. The van der Waals surface area contributed by atoms with E-state index in [1.165, 1.54) is 0 Å². The molecule has 0 unspecified atom stereocenters. The van der Waals surface area contributed by atoms with Crippen molar-refractivity contribution in [1.29, 1.82) is 0 Å². The highest BCUT2D eigenvalue weighted by atomic mass is 16.2. The molecule has 0 aromatic heterocycles. The van der Waals surface area contributed by atoms with Gasteiger partial charge in [-0.2, -0.15) is 0 Å². The van der Waals surface area contributed by atoms with Crippen LogP contribution in [0.15, 0.2) is 42.5 Å². The van der Waals surface area contributed by atoms with Gasteiger partial charge in [-0.1, -0.05) is 6.92 Å². The van der Waals surface area contributed by atoms with Gasteiger partial charge in [-0.15, -0.1) is 0 Å². The molecule has 6 nitrogen and oxygen atoms in total. The van der Waals surface area contributed by atoms with E-state index >= 15 is 0 Å². The minimum atomic E-state index is -0.187. The lowest BCUT2D eigenvalue weighted by atomic mass is 10.1. The Balaban J connectivity index is 1.46. The van der Waals surface area contributed by atoms with Crippen molar-refractivity contribution < 1.29 is 14.4 Å². The zero-order chi connectivity index (χ0) is 19.7. The fraction of sp³-hybridized carbons (Fsp3) is 0.318. The highest BCUT2D eigenvalue weighted by Gasteiger charge is 2.24. The third-order valence-electron chi connectivity index (χ3n) is 5.35. The summed E-state index contributed by atoms with van der Waals surface area (Å²) in [6.07, 6.45) is 2.72. The Morgan fingerprint density at radius 3 is 2.50 bits per heavy atom. The molecular weight excluding hydrogens is 354 g/mol. The number of carbonyl (C=O) groups is 3. The van der Waals surface area contributed by atoms with Gasteiger partial charge in [-0.3, -0.25) is 14.4 Å². The lowest BCUT2D eigenvalue weighted by Crippen LogP contribution is -2.27. The van der Waals surface area contributed by atoms with Gasteiger partial charge >= 0.3 is 0 Å². The molecule has 0 radical (unpaired) electrons. The van der Waals surface area contributed by atoms with Crippen LogP contribution in [0.3, 0.4) is 0 Å². The number of anilines is 3. The summed E-state index contributed by atoms with van der Waals surface area (Å²) in [4.78, 5) is 40.0. The van der Waals surface area contributed by atoms with Crippen molar-refractivity contribution in [3.05, 3.63) is 53.6 Å². The van der Waals surface area contributed by atoms with E-state index in [-0.39, 0.29) is 17.7 Å². The summed E-state index contributed by atoms with van der Waals surface area (Å²) in [5.74, 6) is 0.0612. The molecule has 2 aliphatic rings. The smallest absolute Gasteiger partial charge is 0.255 e. The minimum absolute atomic E-state index is 0.104. The van der Waals surface area contributed by atoms with Gasteiger partial charge in [-0.05, 0) is 60.9 Å². The number of amides is 3. The minimum Gasteiger partial charge on any atom is -0.322 e. The molecule has 1 fully saturated rings. The van der Waals surface area contributed by atoms with Crippen LogP contribution in [0, 0.1) is 0 Å². The number of nitrogens with one attached hydrogen (secondary N) is 1. The second-order valence-corrected chi connectivity index (χ2v) is 7.14. The highest BCUT2D eigenvalue weighted by molar-refractivity contribution is 6.05. The molecule has 2 aliphatic heterocycles. The van der Waals surface area contributed by atoms with Gasteiger partial charge in [-0.25, -0.2) is 0 Å². The van der Waals surface area contributed by atoms with Crippen LogP contribution in [0.4, 0.5) is 17.1 Å². The Kier molecular flexibility index (Phi) is 4.86. The number of hydrogen-bond donors (Lipinski definition) is 1. The Labute approximate surface area is 164 Å². The molecular formula is C22H23N3O3. The van der Waals surface area contributed by atoms with Crippen LogP contribution in [-0.4, -0.2) is 30.8 Å². The molecule has 1 saturated heterocycles. The summed E-state index contributed by atoms with van der Waals surface area (Å²) in [5, 5.41) is 2.90. The van der Waals surface area contributed by atoms with Gasteiger partial charge < -0.3 is 15.1 Å². The van der Waals surface area contributed by atoms with Gasteiger partial charge in [0.2, 0.25) is 11.8 Å². The van der Waals surface area contributed by atoms with Gasteiger partial charge in [0.25, 0.3) is 5.91 Å². The topological polar surface area (TPSA) is 69.7 Å². The Hall–Kier alpha value is -3.15. The zero-order valence-corrected chi connectivity index (χ0v) is 15.9. The van der Waals surface area contributed by atoms with E-state index in [2.05, 4.69) is 5.32 Å². The van der Waals surface area contributed by atoms with E-state index in [0.717, 1.165) is 36.3 Å². The number of hydrogen-bond acceptors (Lipinski definition) is 3. The summed E-state index contributed by atoms with van der Waals surface area (Å²) >= 11 is 0. The number of fused-ring (bicyclic) bond motifs is 1. The maximum Gasteiger partial charge on any atom is 0.255 e. The lowest BCUT2D eigenvalue weighted by molar-refractivity contribution is -0.118. The van der Waals surface area contributed by atoms with Gasteiger partial charge in [0.15, 0.2) is 0 Å². The van der Waals surface area contributed by atoms with E-state index in [0.29, 0.717) is 30.6 Å². The largest absolute Gasteiger partial charge is 0.322 e. The van der Waals surface area contributed by atoms with Crippen LogP contribution in [0.25, 0.3) is 0 Å². The Morgan fingerprint density at radius 2 is 1.82 bits per heavy atom. The number of carbonyl (C=O) groups excluding carboxylic acids is 3. The average molecular weight is 377 g/mol. The molecule has 2 heterocycles. The molecule has 0 atom stereocenters. The van der Waals surface area contributed by atoms with Gasteiger partial charge in [0, 0.05) is 48.6 Å². The standard InChI is InChI=1S/C22H23N3O3/c1-2-20(26)25-13-11-15-14-16(5-10-19(15)25)22(28)23-17-6-8-18(9-7-17)24-12-3-4-21(24)27/h5-10,14H,2-4,11-13H2,1H3,(H,23,28). The summed E-state index contributed by atoms with van der Waals surface area (Å²) in [7, 11) is 0. The molecule has 2 aromatic rings. The first-order valence-electron chi connectivity index (χ1n) is 9.72. The molecule has 0 bridgehead atoms. The first-order valence-corrected chi connectivity index (χ1v) is 9.72. The highest BCUT2D eigenvalue weighted by Crippen LogP contribution is 2.30. The van der Waals surface area contributed by atoms with Crippen molar-refractivity contribution in [2.45, 2.75) is 32.6 Å². The molecule has 3 amide bonds. The van der Waals surface area contributed by atoms with Crippen LogP contribution in [0.5, 0.6) is 0 Å². The molecule has 1 N–H and O–H groups in total. The SMILES string of the molecule is CCC(=O)N1CCc2cc(C(=O)Nc3ccc(N4CCCC4=O)cc3)ccc21. The van der Waals surface area contributed by atoms with Crippen LogP contribution >= 0.6 is 0 Å². The number of rotatable bonds is 4. The van der Waals surface area contributed by atoms with Crippen molar-refractivity contribution in [3.8, 4) is 0 Å². The first-order chi connectivity index (χ1) is 13.6. The lowest BCUT2D eigenvalue weighted by Gasteiger charge is -2.17. The van der Waals surface area contributed by atoms with E-state index in [4.69, 9.17) is 0 Å². The van der Waals surface area contributed by atoms with Crippen LogP contribution in [0.2, 0.25) is 0 Å². The fourth-order valence-corrected chi connectivity index (χ4v) is 3.84. The van der Waals surface area contributed by atoms with E-state index in [1.807, 2.05) is 43.3 Å². The van der Waals surface area contributed by atoms with Gasteiger partial charge in [0.1, 0.15) is 0 Å². The average Bonchev–Trinajstić information content (AvgIpc) is 3.33. The zero-order valence-electron chi connectivity index (χ0n) is 15.9. The van der Waals surface area contributed by atoms with Crippen LogP contribution < -0.4 is 15.1 Å². The summed E-state index contributed by atoms with van der Waals surface area (Å²) < 4.78 is 0. The maximum absolute atomic E-state index is 12.6. The first kappa shape index (κ1) is 18.2. The second kappa shape index (κ2) is 7.46. The Morgan fingerprint density at radius 1 is 1.04 bits per heavy atom. The van der Waals surface area contributed by atoms with E-state index in [9.17, 15) is 14.4 Å². The predicted molar refractivity (Wildman–Crippen MR) is 109 cm³/mol. The third-order valence-corrected chi connectivity index (χ3v) is 5.35. The third kappa shape index (κ3) is 3.38. The normalized spacial score (nSPS) is 15.7. The van der Waals surface area contributed by atoms with E-state index in [1.54, 1.807) is 15.9 Å². The fourth-order valence-electron chi connectivity index (χ4n) is 3.84. The molecule has 0 saturated carbocycles. The molecule has 144 valence electrons. The monoisotopic (exact) mass is 377 g/mol. The molecule has 4 rings (SSSR count). The van der Waals surface area contributed by atoms with Crippen LogP contribution in [-0.2, 0) is 16.0 Å². The molecule has 2 aromatic carbocycles. The van der Waals surface area contributed by atoms with Crippen molar-refractivity contribution in [3.63, 3.8) is 0 Å². The Bertz CT molecular complexity index is 937. The number of nitrogens with zero attached hydrogens (tertiary/aromatic N) is 2. The van der Waals surface area contributed by atoms with Crippen molar-refractivity contribution >= 4 is 34.8 Å². The second-order valence-electron chi connectivity index (χ2n) is 7.14. The number of benzene rings is 2. The summed E-state index contributed by atoms with van der Waals surface area (Å²) in [6.45, 7) is 3.27. The van der Waals surface area contributed by atoms with Crippen LogP contribution in [0.1, 0.15) is 42.1 Å². The quantitative estimate of drug-likeness (QED) is 0.888. The summed E-state index contributed by atoms with van der Waals surface area (Å²) in [6, 6.07) is 12.8. The summed E-state index contributed by atoms with van der Waals surface area (Å²) in [5.41, 5.74) is 4.05.